The van der Waals surface area contributed by atoms with Crippen LogP contribution in [0.1, 0.15) is 5.56 Å². The van der Waals surface area contributed by atoms with Crippen LogP contribution in [0.5, 0.6) is 11.5 Å². The van der Waals surface area contributed by atoms with Crippen molar-refractivity contribution in [3.63, 3.8) is 0 Å². The standard InChI is InChI=1S/C49H32B3NO2/c50-48-44(39-7-1-5-37(29-39)35-19-25-42(54)26-20-35)9-3-11-46(48)52(41-23-17-34(18-24-41)33-15-13-32(31-53)14-16-33)47-12-4-10-45(49(47)51)40-8-2-6-38(30-40)36-21-27-43(55)28-22-36/h1-30,54-55H. The van der Waals surface area contributed by atoms with Crippen molar-refractivity contribution < 1.29 is 10.2 Å². The van der Waals surface area contributed by atoms with E-state index >= 15 is 0 Å². The third kappa shape index (κ3) is 7.21. The maximum Gasteiger partial charge on any atom is 0.239 e. The van der Waals surface area contributed by atoms with Gasteiger partial charge >= 0.3 is 0 Å². The SMILES string of the molecule is [B]c1c(B(c2ccc(-c3ccc(C#N)cc3)cc2)c2cccc(-c3cccc(-c4ccc(O)cc4)c3)c2[B])cccc1-c1cccc(-c2ccc(O)cc2)c1. The van der Waals surface area contributed by atoms with E-state index in [4.69, 9.17) is 15.7 Å². The first-order chi connectivity index (χ1) is 26.9. The molecule has 254 valence electrons. The van der Waals surface area contributed by atoms with Crippen LogP contribution < -0.4 is 27.3 Å². The number of hydrogen-bond acceptors (Lipinski definition) is 3. The molecule has 0 amide bonds. The average Bonchev–Trinajstić information content (AvgIpc) is 3.23. The van der Waals surface area contributed by atoms with Crippen molar-refractivity contribution in [2.24, 2.45) is 0 Å². The molecule has 0 atom stereocenters. The van der Waals surface area contributed by atoms with Crippen LogP contribution in [0.3, 0.4) is 0 Å². The van der Waals surface area contributed by atoms with E-state index < -0.39 is 0 Å². The second-order valence-electron chi connectivity index (χ2n) is 13.6. The molecule has 0 saturated heterocycles. The molecule has 0 aliphatic heterocycles. The second kappa shape index (κ2) is 15.2. The fraction of sp³-hybridized carbons (Fsp3) is 0. The van der Waals surface area contributed by atoms with E-state index in [9.17, 15) is 15.5 Å². The molecule has 0 bridgehead atoms. The molecule has 55 heavy (non-hydrogen) atoms. The summed E-state index contributed by atoms with van der Waals surface area (Å²) in [7, 11) is 14.4. The monoisotopic (exact) mass is 699 g/mol. The lowest BCUT2D eigenvalue weighted by Crippen LogP contribution is -2.61. The number of nitrogens with zero attached hydrogens (tertiary/aromatic N) is 1. The first kappa shape index (κ1) is 35.1. The Morgan fingerprint density at radius 1 is 0.400 bits per heavy atom. The zero-order chi connectivity index (χ0) is 37.9. The molecule has 0 heterocycles. The molecule has 4 radical (unpaired) electrons. The summed E-state index contributed by atoms with van der Waals surface area (Å²) in [6.07, 6.45) is 0. The van der Waals surface area contributed by atoms with Crippen molar-refractivity contribution in [2.75, 3.05) is 0 Å². The van der Waals surface area contributed by atoms with E-state index in [0.29, 0.717) is 16.5 Å². The summed E-state index contributed by atoms with van der Waals surface area (Å²) >= 11 is 0. The molecule has 0 unspecified atom stereocenters. The zero-order valence-corrected chi connectivity index (χ0v) is 29.9. The van der Waals surface area contributed by atoms with Gasteiger partial charge in [0.25, 0.3) is 0 Å². The summed E-state index contributed by atoms with van der Waals surface area (Å²) < 4.78 is 0. The maximum atomic E-state index is 9.86. The third-order valence-electron chi connectivity index (χ3n) is 10.2. The van der Waals surface area contributed by atoms with E-state index in [2.05, 4.69) is 91.0 Å². The first-order valence-corrected chi connectivity index (χ1v) is 18.0. The van der Waals surface area contributed by atoms with Crippen LogP contribution in [0, 0.1) is 11.3 Å². The van der Waals surface area contributed by atoms with Gasteiger partial charge in [-0.1, -0.05) is 161 Å². The van der Waals surface area contributed by atoms with Gasteiger partial charge in [0.15, 0.2) is 0 Å². The number of nitriles is 1. The van der Waals surface area contributed by atoms with Crippen LogP contribution in [0.25, 0.3) is 55.6 Å². The first-order valence-electron chi connectivity index (χ1n) is 18.0. The van der Waals surface area contributed by atoms with E-state index in [1.54, 1.807) is 24.3 Å². The molecule has 8 aromatic rings. The Balaban J connectivity index is 1.25. The Hall–Kier alpha value is -6.96. The third-order valence-corrected chi connectivity index (χ3v) is 10.2. The molecule has 0 fully saturated rings. The molecule has 6 heteroatoms. The summed E-state index contributed by atoms with van der Waals surface area (Å²) in [5, 5.41) is 29.0. The molecule has 0 aliphatic carbocycles. The van der Waals surface area contributed by atoms with Crippen LogP contribution in [0.4, 0.5) is 0 Å². The van der Waals surface area contributed by atoms with Crippen molar-refractivity contribution in [1.29, 1.82) is 5.26 Å². The predicted molar refractivity (Wildman–Crippen MR) is 230 cm³/mol. The summed E-state index contributed by atoms with van der Waals surface area (Å²) in [6.45, 7) is -0.310. The molecule has 0 aromatic heterocycles. The van der Waals surface area contributed by atoms with Gasteiger partial charge in [0, 0.05) is 0 Å². The number of phenolic OH excluding ortho intramolecular Hbond substituents is 2. The molecule has 0 saturated carbocycles. The van der Waals surface area contributed by atoms with E-state index in [-0.39, 0.29) is 18.2 Å². The molecule has 0 spiro atoms. The Kier molecular flexibility index (Phi) is 9.69. The summed E-state index contributed by atoms with van der Waals surface area (Å²) in [6, 6.07) is 61.5. The summed E-state index contributed by atoms with van der Waals surface area (Å²) in [4.78, 5) is 0. The van der Waals surface area contributed by atoms with Gasteiger partial charge in [-0.15, -0.1) is 0 Å². The minimum atomic E-state index is -0.310. The second-order valence-corrected chi connectivity index (χ2v) is 13.6. The van der Waals surface area contributed by atoms with Crippen molar-refractivity contribution in [1.82, 2.24) is 0 Å². The number of aromatic hydroxyl groups is 2. The van der Waals surface area contributed by atoms with E-state index in [1.807, 2.05) is 72.8 Å². The number of hydrogen-bond donors (Lipinski definition) is 2. The zero-order valence-electron chi connectivity index (χ0n) is 29.9. The van der Waals surface area contributed by atoms with Gasteiger partial charge in [-0.3, -0.25) is 0 Å². The Morgan fingerprint density at radius 3 is 1.20 bits per heavy atom. The normalized spacial score (nSPS) is 10.8. The van der Waals surface area contributed by atoms with Crippen LogP contribution in [-0.4, -0.2) is 32.6 Å². The fourth-order valence-electron chi connectivity index (χ4n) is 7.35. The molecular formula is C49H32B3NO2. The highest BCUT2D eigenvalue weighted by Crippen LogP contribution is 2.28. The van der Waals surface area contributed by atoms with Gasteiger partial charge < -0.3 is 10.2 Å². The lowest BCUT2D eigenvalue weighted by atomic mass is 9.33. The smallest absolute Gasteiger partial charge is 0.239 e. The van der Waals surface area contributed by atoms with Gasteiger partial charge in [-0.2, -0.15) is 5.26 Å². The van der Waals surface area contributed by atoms with Gasteiger partial charge in [0.1, 0.15) is 27.2 Å². The molecule has 8 aromatic carbocycles. The average molecular weight is 699 g/mol. The van der Waals surface area contributed by atoms with Gasteiger partial charge in [0.05, 0.1) is 11.6 Å². The highest BCUT2D eigenvalue weighted by atomic mass is 16.3. The van der Waals surface area contributed by atoms with Crippen LogP contribution in [0.2, 0.25) is 0 Å². The molecule has 3 nitrogen and oxygen atoms in total. The van der Waals surface area contributed by atoms with Gasteiger partial charge in [0.2, 0.25) is 6.71 Å². The molecule has 0 aliphatic rings. The van der Waals surface area contributed by atoms with Crippen molar-refractivity contribution in [3.8, 4) is 73.2 Å². The predicted octanol–water partition coefficient (Wildman–Crippen LogP) is 7.41. The Labute approximate surface area is 324 Å². The number of phenols is 2. The van der Waals surface area contributed by atoms with Crippen LogP contribution >= 0.6 is 0 Å². The van der Waals surface area contributed by atoms with Crippen LogP contribution in [0.15, 0.2) is 182 Å². The minimum Gasteiger partial charge on any atom is -0.508 e. The van der Waals surface area contributed by atoms with E-state index in [1.165, 1.54) is 0 Å². The molecule has 2 N–H and O–H groups in total. The highest BCUT2D eigenvalue weighted by molar-refractivity contribution is 6.99. The van der Waals surface area contributed by atoms with Crippen molar-refractivity contribution in [3.05, 3.63) is 188 Å². The van der Waals surface area contributed by atoms with E-state index in [0.717, 1.165) is 72.0 Å². The molecule has 8 rings (SSSR count). The maximum absolute atomic E-state index is 9.86. The van der Waals surface area contributed by atoms with Gasteiger partial charge in [-0.05, 0) is 104 Å². The largest absolute Gasteiger partial charge is 0.508 e. The fourth-order valence-corrected chi connectivity index (χ4v) is 7.35. The lowest BCUT2D eigenvalue weighted by Gasteiger charge is -2.24. The van der Waals surface area contributed by atoms with Crippen molar-refractivity contribution >= 4 is 49.7 Å². The number of rotatable bonds is 8. The topological polar surface area (TPSA) is 64.2 Å². The minimum absolute atomic E-state index is 0.223. The molecular weight excluding hydrogens is 667 g/mol. The lowest BCUT2D eigenvalue weighted by molar-refractivity contribution is 0.475. The quantitative estimate of drug-likeness (QED) is 0.163. The Morgan fingerprint density at radius 2 is 0.764 bits per heavy atom. The highest BCUT2D eigenvalue weighted by Gasteiger charge is 2.27. The van der Waals surface area contributed by atoms with Gasteiger partial charge in [-0.25, -0.2) is 0 Å². The van der Waals surface area contributed by atoms with Crippen LogP contribution in [-0.2, 0) is 0 Å². The number of benzene rings is 8. The van der Waals surface area contributed by atoms with Crippen molar-refractivity contribution in [2.45, 2.75) is 0 Å². The summed E-state index contributed by atoms with van der Waals surface area (Å²) in [5.41, 5.74) is 14.7. The summed E-state index contributed by atoms with van der Waals surface area (Å²) in [5.74, 6) is 0.447. The Bertz CT molecular complexity index is 2550.